The minimum atomic E-state index is -2.87. The summed E-state index contributed by atoms with van der Waals surface area (Å²) in [5, 5.41) is 7.45. The van der Waals surface area contributed by atoms with E-state index in [4.69, 9.17) is 4.74 Å². The van der Waals surface area contributed by atoms with Gasteiger partial charge in [0.15, 0.2) is 5.65 Å². The number of halogens is 2. The molecule has 1 fully saturated rings. The highest BCUT2D eigenvalue weighted by Crippen LogP contribution is 2.30. The Labute approximate surface area is 134 Å². The summed E-state index contributed by atoms with van der Waals surface area (Å²) >= 11 is 0. The molecule has 0 radical (unpaired) electrons. The van der Waals surface area contributed by atoms with E-state index in [2.05, 4.69) is 30.4 Å². The molecule has 0 spiro atoms. The van der Waals surface area contributed by atoms with Crippen molar-refractivity contribution in [1.82, 2.24) is 29.7 Å². The Hall–Kier alpha value is -2.75. The van der Waals surface area contributed by atoms with Crippen LogP contribution in [0.3, 0.4) is 0 Å². The van der Waals surface area contributed by atoms with Crippen LogP contribution in [0.15, 0.2) is 31.0 Å². The van der Waals surface area contributed by atoms with Gasteiger partial charge < -0.3 is 10.1 Å². The van der Waals surface area contributed by atoms with Crippen molar-refractivity contribution >= 4 is 16.9 Å². The van der Waals surface area contributed by atoms with E-state index in [1.807, 2.05) is 0 Å². The van der Waals surface area contributed by atoms with Crippen LogP contribution in [0.5, 0.6) is 0 Å². The van der Waals surface area contributed by atoms with Gasteiger partial charge in [-0.2, -0.15) is 9.78 Å². The topological polar surface area (TPSA) is 90.6 Å². The number of nitrogens with one attached hydrogen (secondary N) is 1. The Morgan fingerprint density at radius 2 is 2.04 bits per heavy atom. The molecule has 124 valence electrons. The molecule has 10 heteroatoms. The number of fused-ring (bicyclic) bond motifs is 1. The molecule has 8 nitrogen and oxygen atoms in total. The molecule has 1 aliphatic rings. The van der Waals surface area contributed by atoms with Gasteiger partial charge in [0.2, 0.25) is 0 Å². The molecule has 0 bridgehead atoms. The predicted molar refractivity (Wildman–Crippen MR) is 80.0 cm³/mol. The van der Waals surface area contributed by atoms with Gasteiger partial charge in [-0.25, -0.2) is 28.7 Å². The Bertz CT molecular complexity index is 855. The van der Waals surface area contributed by atoms with E-state index >= 15 is 0 Å². The van der Waals surface area contributed by atoms with Gasteiger partial charge in [-0.05, 0) is 6.07 Å². The molecule has 4 rings (SSSR count). The number of anilines is 1. The van der Waals surface area contributed by atoms with Crippen molar-refractivity contribution in [1.29, 1.82) is 0 Å². The van der Waals surface area contributed by atoms with E-state index in [0.717, 1.165) is 0 Å². The minimum absolute atomic E-state index is 0.0492. The highest BCUT2D eigenvalue weighted by atomic mass is 19.3. The molecule has 3 aromatic rings. The second kappa shape index (κ2) is 5.71. The summed E-state index contributed by atoms with van der Waals surface area (Å²) in [6.45, 7) is -0.0396. The molecule has 0 aliphatic carbocycles. The number of nitrogens with zero attached hydrogens (tertiary/aromatic N) is 6. The van der Waals surface area contributed by atoms with Crippen molar-refractivity contribution in [2.24, 2.45) is 0 Å². The lowest BCUT2D eigenvalue weighted by Crippen LogP contribution is -2.47. The number of ether oxygens (including phenoxy) is 1. The molecule has 4 heterocycles. The number of alkyl halides is 2. The maximum absolute atomic E-state index is 14.0. The first kappa shape index (κ1) is 14.8. The van der Waals surface area contributed by atoms with E-state index < -0.39 is 12.0 Å². The lowest BCUT2D eigenvalue weighted by Gasteiger charge is -2.32. The largest absolute Gasteiger partial charge is 0.379 e. The number of rotatable bonds is 3. The minimum Gasteiger partial charge on any atom is -0.379 e. The molecule has 1 atom stereocenters. The Balaban J connectivity index is 1.71. The summed E-state index contributed by atoms with van der Waals surface area (Å²) in [7, 11) is 0. The molecule has 3 aromatic heterocycles. The zero-order valence-corrected chi connectivity index (χ0v) is 12.4. The summed E-state index contributed by atoms with van der Waals surface area (Å²) in [5.41, 5.74) is 0.429. The van der Waals surface area contributed by atoms with Crippen LogP contribution in [-0.2, 0) is 4.74 Å². The Kier molecular flexibility index (Phi) is 3.53. The van der Waals surface area contributed by atoms with Crippen LogP contribution in [0.4, 0.5) is 14.6 Å². The monoisotopic (exact) mass is 333 g/mol. The van der Waals surface area contributed by atoms with Crippen LogP contribution in [-0.4, -0.2) is 54.9 Å². The third kappa shape index (κ3) is 2.54. The first-order valence-corrected chi connectivity index (χ1v) is 7.33. The van der Waals surface area contributed by atoms with Crippen LogP contribution in [0.25, 0.3) is 17.0 Å². The summed E-state index contributed by atoms with van der Waals surface area (Å²) in [4.78, 5) is 16.4. The highest BCUT2D eigenvalue weighted by molar-refractivity contribution is 5.86. The third-order valence-corrected chi connectivity index (χ3v) is 3.79. The van der Waals surface area contributed by atoms with Crippen molar-refractivity contribution in [3.05, 3.63) is 31.0 Å². The van der Waals surface area contributed by atoms with Crippen molar-refractivity contribution in [3.63, 3.8) is 0 Å². The second-order valence-corrected chi connectivity index (χ2v) is 5.35. The van der Waals surface area contributed by atoms with Gasteiger partial charge in [0.1, 0.15) is 18.2 Å². The summed E-state index contributed by atoms with van der Waals surface area (Å²) in [6, 6.07) is 0.531. The van der Waals surface area contributed by atoms with Crippen molar-refractivity contribution in [2.75, 3.05) is 18.5 Å². The van der Waals surface area contributed by atoms with Crippen LogP contribution in [0, 0.1) is 0 Å². The predicted octanol–water partition coefficient (Wildman–Crippen LogP) is 1.44. The molecule has 0 aromatic carbocycles. The van der Waals surface area contributed by atoms with Gasteiger partial charge in [-0.1, -0.05) is 0 Å². The molecule has 1 saturated heterocycles. The van der Waals surface area contributed by atoms with Crippen LogP contribution >= 0.6 is 0 Å². The summed E-state index contributed by atoms with van der Waals surface area (Å²) in [6.07, 6.45) is 5.62. The van der Waals surface area contributed by atoms with E-state index in [1.54, 1.807) is 18.5 Å². The standard InChI is InChI=1S/C14H13F2N7O/c15-14(16)2-5-24-7-10(14)22-11-9-6-21-23(12(9)20-8-19-11)13-17-3-1-4-18-13/h1,3-4,6,8,10H,2,5,7H2,(H,19,20,22). The number of hydrogen-bond acceptors (Lipinski definition) is 7. The first-order valence-electron chi connectivity index (χ1n) is 7.33. The van der Waals surface area contributed by atoms with Crippen LogP contribution in [0.1, 0.15) is 6.42 Å². The van der Waals surface area contributed by atoms with Gasteiger partial charge in [0.05, 0.1) is 24.8 Å². The average molecular weight is 333 g/mol. The number of aromatic nitrogens is 6. The summed E-state index contributed by atoms with van der Waals surface area (Å²) in [5.74, 6) is -2.26. The molecule has 0 amide bonds. The molecular weight excluding hydrogens is 320 g/mol. The van der Waals surface area contributed by atoms with Gasteiger partial charge in [0.25, 0.3) is 11.9 Å². The van der Waals surface area contributed by atoms with Crippen LogP contribution < -0.4 is 5.32 Å². The van der Waals surface area contributed by atoms with Crippen LogP contribution in [0.2, 0.25) is 0 Å². The Morgan fingerprint density at radius 3 is 2.83 bits per heavy atom. The Morgan fingerprint density at radius 1 is 1.21 bits per heavy atom. The van der Waals surface area contributed by atoms with Crippen molar-refractivity contribution in [3.8, 4) is 5.95 Å². The average Bonchev–Trinajstić information content (AvgIpc) is 3.02. The lowest BCUT2D eigenvalue weighted by atomic mass is 10.1. The van der Waals surface area contributed by atoms with E-state index in [0.29, 0.717) is 17.0 Å². The van der Waals surface area contributed by atoms with Gasteiger partial charge >= 0.3 is 0 Å². The molecule has 1 N–H and O–H groups in total. The van der Waals surface area contributed by atoms with Gasteiger partial charge in [-0.3, -0.25) is 0 Å². The quantitative estimate of drug-likeness (QED) is 0.775. The van der Waals surface area contributed by atoms with Crippen molar-refractivity contribution in [2.45, 2.75) is 18.4 Å². The fourth-order valence-corrected chi connectivity index (χ4v) is 2.52. The zero-order valence-electron chi connectivity index (χ0n) is 12.4. The molecule has 0 saturated carbocycles. The van der Waals surface area contributed by atoms with E-state index in [9.17, 15) is 8.78 Å². The van der Waals surface area contributed by atoms with E-state index in [-0.39, 0.29) is 25.5 Å². The van der Waals surface area contributed by atoms with Gasteiger partial charge in [-0.15, -0.1) is 0 Å². The number of hydrogen-bond donors (Lipinski definition) is 1. The maximum Gasteiger partial charge on any atom is 0.272 e. The van der Waals surface area contributed by atoms with Crippen molar-refractivity contribution < 1.29 is 13.5 Å². The van der Waals surface area contributed by atoms with E-state index in [1.165, 1.54) is 17.2 Å². The third-order valence-electron chi connectivity index (χ3n) is 3.79. The normalized spacial score (nSPS) is 20.2. The molecule has 1 unspecified atom stereocenters. The lowest BCUT2D eigenvalue weighted by molar-refractivity contribution is -0.102. The molecular formula is C14H13F2N7O. The fraction of sp³-hybridized carbons (Fsp3) is 0.357. The zero-order chi connectivity index (χ0) is 16.6. The maximum atomic E-state index is 14.0. The second-order valence-electron chi connectivity index (χ2n) is 5.35. The SMILES string of the molecule is FC1(F)CCOCC1Nc1ncnc2c1cnn2-c1ncccn1. The fourth-order valence-electron chi connectivity index (χ4n) is 2.52. The highest BCUT2D eigenvalue weighted by Gasteiger charge is 2.42. The van der Waals surface area contributed by atoms with Gasteiger partial charge in [0, 0.05) is 18.8 Å². The molecule has 1 aliphatic heterocycles. The summed E-state index contributed by atoms with van der Waals surface area (Å²) < 4.78 is 34.6. The molecule has 24 heavy (non-hydrogen) atoms. The first-order chi connectivity index (χ1) is 11.6. The smallest absolute Gasteiger partial charge is 0.272 e.